The van der Waals surface area contributed by atoms with Crippen LogP contribution in [-0.2, 0) is 19.4 Å². The van der Waals surface area contributed by atoms with Gasteiger partial charge in [-0.05, 0) is 25.2 Å². The first kappa shape index (κ1) is 16.2. The number of nitrogens with one attached hydrogen (secondary N) is 1. The molecule has 2 unspecified atom stereocenters. The molecular weight excluding hydrogens is 294 g/mol. The van der Waals surface area contributed by atoms with Crippen LogP contribution in [0.1, 0.15) is 44.3 Å². The van der Waals surface area contributed by atoms with Gasteiger partial charge in [-0.1, -0.05) is 13.3 Å². The van der Waals surface area contributed by atoms with Crippen molar-refractivity contribution in [3.63, 3.8) is 0 Å². The number of aliphatic hydroxyl groups is 1. The summed E-state index contributed by atoms with van der Waals surface area (Å²) in [4.78, 5) is 13.9. The van der Waals surface area contributed by atoms with Gasteiger partial charge in [0, 0.05) is 39.0 Å². The van der Waals surface area contributed by atoms with Crippen molar-refractivity contribution in [2.75, 3.05) is 19.6 Å². The van der Waals surface area contributed by atoms with Crippen molar-refractivity contribution in [2.24, 2.45) is 5.92 Å². The molecule has 0 bridgehead atoms. The molecule has 0 spiro atoms. The number of rotatable bonds is 3. The van der Waals surface area contributed by atoms with Gasteiger partial charge in [-0.15, -0.1) is 10.2 Å². The third kappa shape index (κ3) is 3.83. The lowest BCUT2D eigenvalue weighted by atomic mass is 9.96. The molecule has 2 aliphatic heterocycles. The van der Waals surface area contributed by atoms with Crippen LogP contribution < -0.4 is 5.32 Å². The fourth-order valence-electron chi connectivity index (χ4n) is 3.36. The van der Waals surface area contributed by atoms with E-state index in [2.05, 4.69) is 20.1 Å². The summed E-state index contributed by atoms with van der Waals surface area (Å²) in [6.45, 7) is 4.70. The summed E-state index contributed by atoms with van der Waals surface area (Å²) in [5.74, 6) is 2.32. The predicted octanol–water partition coefficient (Wildman–Crippen LogP) is 0.959. The van der Waals surface area contributed by atoms with E-state index in [-0.39, 0.29) is 11.9 Å². The molecule has 1 aromatic heterocycles. The number of aromatic nitrogens is 3. The van der Waals surface area contributed by atoms with Gasteiger partial charge in [0.2, 0.25) is 0 Å². The van der Waals surface area contributed by atoms with E-state index in [0.717, 1.165) is 31.0 Å². The summed E-state index contributed by atoms with van der Waals surface area (Å²) >= 11 is 0. The first-order valence-corrected chi connectivity index (χ1v) is 8.77. The van der Waals surface area contributed by atoms with Crippen molar-refractivity contribution in [2.45, 2.75) is 58.1 Å². The SMILES string of the molecule is CC1CCN(C(=O)NCCc2nnc3n2CCCCC3)CC1O. The van der Waals surface area contributed by atoms with E-state index in [9.17, 15) is 9.90 Å². The average molecular weight is 321 g/mol. The first-order chi connectivity index (χ1) is 11.1. The van der Waals surface area contributed by atoms with Crippen molar-refractivity contribution in [1.29, 1.82) is 0 Å². The second kappa shape index (κ2) is 7.29. The number of nitrogens with zero attached hydrogens (tertiary/aromatic N) is 4. The highest BCUT2D eigenvalue weighted by Gasteiger charge is 2.27. The zero-order chi connectivity index (χ0) is 16.2. The quantitative estimate of drug-likeness (QED) is 0.868. The summed E-state index contributed by atoms with van der Waals surface area (Å²) in [6.07, 6.45) is 5.75. The third-order valence-corrected chi connectivity index (χ3v) is 5.02. The lowest BCUT2D eigenvalue weighted by molar-refractivity contribution is 0.0436. The smallest absolute Gasteiger partial charge is 0.317 e. The van der Waals surface area contributed by atoms with Crippen LogP contribution in [0.2, 0.25) is 0 Å². The van der Waals surface area contributed by atoms with E-state index in [1.54, 1.807) is 4.90 Å². The number of β-amino-alcohol motifs (C(OH)–C–C–N with tert-alkyl or cyclic N) is 1. The Morgan fingerprint density at radius 3 is 3.00 bits per heavy atom. The molecule has 23 heavy (non-hydrogen) atoms. The minimum absolute atomic E-state index is 0.0912. The molecule has 0 aromatic carbocycles. The third-order valence-electron chi connectivity index (χ3n) is 5.02. The van der Waals surface area contributed by atoms with Crippen LogP contribution in [0.5, 0.6) is 0 Å². The Kier molecular flexibility index (Phi) is 5.15. The molecule has 3 heterocycles. The van der Waals surface area contributed by atoms with Gasteiger partial charge < -0.3 is 19.9 Å². The second-order valence-corrected chi connectivity index (χ2v) is 6.76. The maximum absolute atomic E-state index is 12.2. The fourth-order valence-corrected chi connectivity index (χ4v) is 3.36. The van der Waals surface area contributed by atoms with E-state index < -0.39 is 6.10 Å². The molecule has 1 saturated heterocycles. The number of amides is 2. The molecule has 2 N–H and O–H groups in total. The van der Waals surface area contributed by atoms with Crippen molar-refractivity contribution >= 4 is 6.03 Å². The van der Waals surface area contributed by atoms with Gasteiger partial charge in [0.05, 0.1) is 6.10 Å². The molecule has 0 saturated carbocycles. The Balaban J connectivity index is 1.48. The van der Waals surface area contributed by atoms with Crippen molar-refractivity contribution < 1.29 is 9.90 Å². The number of piperidine rings is 1. The number of fused-ring (bicyclic) bond motifs is 1. The summed E-state index contributed by atoms with van der Waals surface area (Å²) in [5, 5.41) is 21.4. The van der Waals surface area contributed by atoms with Crippen molar-refractivity contribution in [3.8, 4) is 0 Å². The van der Waals surface area contributed by atoms with Crippen LogP contribution in [0.3, 0.4) is 0 Å². The monoisotopic (exact) mass is 321 g/mol. The Bertz CT molecular complexity index is 545. The van der Waals surface area contributed by atoms with Gasteiger partial charge in [-0.2, -0.15) is 0 Å². The van der Waals surface area contributed by atoms with Gasteiger partial charge in [0.15, 0.2) is 0 Å². The molecule has 3 rings (SSSR count). The van der Waals surface area contributed by atoms with Gasteiger partial charge in [-0.3, -0.25) is 0 Å². The van der Waals surface area contributed by atoms with Crippen LogP contribution in [0.25, 0.3) is 0 Å². The van der Waals surface area contributed by atoms with E-state index in [1.165, 1.54) is 19.3 Å². The van der Waals surface area contributed by atoms with Crippen LogP contribution in [0, 0.1) is 5.92 Å². The number of aliphatic hydroxyl groups excluding tert-OH is 1. The summed E-state index contributed by atoms with van der Waals surface area (Å²) in [7, 11) is 0. The minimum Gasteiger partial charge on any atom is -0.391 e. The van der Waals surface area contributed by atoms with Crippen LogP contribution in [0.4, 0.5) is 4.79 Å². The zero-order valence-electron chi connectivity index (χ0n) is 13.9. The molecule has 1 aromatic rings. The largest absolute Gasteiger partial charge is 0.391 e. The average Bonchev–Trinajstić information content (AvgIpc) is 2.77. The highest BCUT2D eigenvalue weighted by molar-refractivity contribution is 5.74. The van der Waals surface area contributed by atoms with E-state index in [0.29, 0.717) is 26.1 Å². The van der Waals surface area contributed by atoms with E-state index in [4.69, 9.17) is 0 Å². The summed E-state index contributed by atoms with van der Waals surface area (Å²) in [5.41, 5.74) is 0. The van der Waals surface area contributed by atoms with E-state index >= 15 is 0 Å². The second-order valence-electron chi connectivity index (χ2n) is 6.76. The lowest BCUT2D eigenvalue weighted by Gasteiger charge is -2.34. The first-order valence-electron chi connectivity index (χ1n) is 8.77. The van der Waals surface area contributed by atoms with Crippen LogP contribution in [-0.4, -0.2) is 56.5 Å². The Morgan fingerprint density at radius 1 is 1.30 bits per heavy atom. The molecule has 7 heteroatoms. The Hall–Kier alpha value is -1.63. The number of hydrogen-bond donors (Lipinski definition) is 2. The summed E-state index contributed by atoms with van der Waals surface area (Å²) in [6, 6.07) is -0.0912. The highest BCUT2D eigenvalue weighted by atomic mass is 16.3. The number of hydrogen-bond acceptors (Lipinski definition) is 4. The molecule has 2 aliphatic rings. The van der Waals surface area contributed by atoms with Crippen LogP contribution in [0.15, 0.2) is 0 Å². The molecule has 128 valence electrons. The Morgan fingerprint density at radius 2 is 2.17 bits per heavy atom. The van der Waals surface area contributed by atoms with E-state index in [1.807, 2.05) is 6.92 Å². The standard InChI is InChI=1S/C16H27N5O2/c1-12-7-10-20(11-13(12)22)16(23)17-8-6-15-19-18-14-5-3-2-4-9-21(14)15/h12-13,22H,2-11H2,1H3,(H,17,23). The molecule has 2 amide bonds. The number of carbonyl (C=O) groups is 1. The number of aryl methyl sites for hydroxylation is 1. The predicted molar refractivity (Wildman–Crippen MR) is 86.0 cm³/mol. The molecule has 7 nitrogen and oxygen atoms in total. The van der Waals surface area contributed by atoms with Gasteiger partial charge >= 0.3 is 6.03 Å². The zero-order valence-corrected chi connectivity index (χ0v) is 13.9. The maximum atomic E-state index is 12.2. The molecular formula is C16H27N5O2. The van der Waals surface area contributed by atoms with Gasteiger partial charge in [-0.25, -0.2) is 4.79 Å². The molecule has 0 radical (unpaired) electrons. The van der Waals surface area contributed by atoms with Gasteiger partial charge in [0.25, 0.3) is 0 Å². The van der Waals surface area contributed by atoms with Gasteiger partial charge in [0.1, 0.15) is 11.6 Å². The lowest BCUT2D eigenvalue weighted by Crippen LogP contribution is -2.50. The number of urea groups is 1. The topological polar surface area (TPSA) is 83.3 Å². The Labute approximate surface area is 137 Å². The molecule has 0 aliphatic carbocycles. The van der Waals surface area contributed by atoms with Crippen molar-refractivity contribution in [3.05, 3.63) is 11.6 Å². The fraction of sp³-hybridized carbons (Fsp3) is 0.812. The van der Waals surface area contributed by atoms with Crippen molar-refractivity contribution in [1.82, 2.24) is 25.0 Å². The normalized spacial score (nSPS) is 24.9. The maximum Gasteiger partial charge on any atom is 0.317 e. The number of carbonyl (C=O) groups excluding carboxylic acids is 1. The minimum atomic E-state index is -0.415. The molecule has 1 fully saturated rings. The van der Waals surface area contributed by atoms with Crippen LogP contribution >= 0.6 is 0 Å². The summed E-state index contributed by atoms with van der Waals surface area (Å²) < 4.78 is 2.21. The number of likely N-dealkylation sites (tertiary alicyclic amines) is 1. The highest BCUT2D eigenvalue weighted by Crippen LogP contribution is 2.17. The molecule has 2 atom stereocenters.